The maximum atomic E-state index is 10.1. The molecule has 42 valence electrons. The average molecular weight is 106 g/mol. The van der Waals surface area contributed by atoms with Crippen LogP contribution in [-0.2, 0) is 4.79 Å². The molecule has 1 atom stereocenters. The van der Waals surface area contributed by atoms with Crippen molar-refractivity contribution in [3.05, 3.63) is 0 Å². The lowest BCUT2D eigenvalue weighted by Crippen LogP contribution is -2.19. The molecule has 0 saturated heterocycles. The fourth-order valence-electron chi connectivity index (χ4n) is 0.101. The molecule has 0 bridgehead atoms. The maximum Gasteiger partial charge on any atom is 0.307 e. The molecule has 0 aliphatic heterocycles. The van der Waals surface area contributed by atoms with E-state index in [1.54, 1.807) is 0 Å². The lowest BCUT2D eigenvalue weighted by molar-refractivity contribution is -0.140. The van der Waals surface area contributed by atoms with Crippen molar-refractivity contribution in [3.8, 4) is 0 Å². The maximum absolute atomic E-state index is 10.1. The standard InChI is InChI=1S/C4H9NO2/c1-3(2-5)4(6)7/h3H,2,5H2,1H3,(H,6,7)/t3-/m1/s1/i1D3. The van der Waals surface area contributed by atoms with Crippen LogP contribution in [-0.4, -0.2) is 17.6 Å². The number of hydrogen-bond acceptors (Lipinski definition) is 2. The van der Waals surface area contributed by atoms with Gasteiger partial charge in [0.25, 0.3) is 0 Å². The Morgan fingerprint density at radius 1 is 2.29 bits per heavy atom. The van der Waals surface area contributed by atoms with E-state index >= 15 is 0 Å². The van der Waals surface area contributed by atoms with Crippen molar-refractivity contribution in [1.29, 1.82) is 0 Å². The Bertz CT molecular complexity index is 133. The number of carboxylic acid groups (broad SMARTS) is 1. The lowest BCUT2D eigenvalue weighted by Gasteiger charge is -1.96. The fourth-order valence-corrected chi connectivity index (χ4v) is 0.101. The molecule has 3 heteroatoms. The molecule has 0 saturated carbocycles. The highest BCUT2D eigenvalue weighted by Crippen LogP contribution is 1.87. The van der Waals surface area contributed by atoms with Crippen molar-refractivity contribution in [1.82, 2.24) is 0 Å². The Kier molecular flexibility index (Phi) is 0.982. The molecule has 0 spiro atoms. The van der Waals surface area contributed by atoms with Crippen LogP contribution in [0.1, 0.15) is 11.0 Å². The first-order chi connectivity index (χ1) is 4.39. The van der Waals surface area contributed by atoms with E-state index in [9.17, 15) is 4.79 Å². The first-order valence-corrected chi connectivity index (χ1v) is 1.82. The molecule has 0 aromatic heterocycles. The summed E-state index contributed by atoms with van der Waals surface area (Å²) in [6.45, 7) is -2.84. The van der Waals surface area contributed by atoms with Crippen molar-refractivity contribution in [2.45, 2.75) is 6.85 Å². The Morgan fingerprint density at radius 3 is 2.86 bits per heavy atom. The van der Waals surface area contributed by atoms with E-state index in [2.05, 4.69) is 0 Å². The van der Waals surface area contributed by atoms with Gasteiger partial charge in [0.15, 0.2) is 0 Å². The Hall–Kier alpha value is -0.570. The third kappa shape index (κ3) is 2.17. The van der Waals surface area contributed by atoms with E-state index in [1.165, 1.54) is 0 Å². The summed E-state index contributed by atoms with van der Waals surface area (Å²) in [6, 6.07) is 0. The van der Waals surface area contributed by atoms with Crippen LogP contribution in [0.25, 0.3) is 0 Å². The molecule has 0 aromatic carbocycles. The minimum absolute atomic E-state index is 0.355. The number of carboxylic acids is 1. The van der Waals surface area contributed by atoms with Gasteiger partial charge in [-0.25, -0.2) is 0 Å². The molecule has 0 aromatic rings. The van der Waals surface area contributed by atoms with Crippen LogP contribution >= 0.6 is 0 Å². The molecule has 0 aliphatic carbocycles. The second-order valence-corrected chi connectivity index (χ2v) is 1.13. The van der Waals surface area contributed by atoms with Gasteiger partial charge >= 0.3 is 5.97 Å². The third-order valence-corrected chi connectivity index (χ3v) is 0.534. The summed E-state index contributed by atoms with van der Waals surface area (Å²) in [4.78, 5) is 10.1. The van der Waals surface area contributed by atoms with Crippen LogP contribution in [0.4, 0.5) is 0 Å². The zero-order valence-corrected chi connectivity index (χ0v) is 3.72. The number of hydrogen-bond donors (Lipinski definition) is 2. The quantitative estimate of drug-likeness (QED) is 0.506. The van der Waals surface area contributed by atoms with Crippen molar-refractivity contribution >= 4 is 5.97 Å². The van der Waals surface area contributed by atoms with Crippen LogP contribution in [0.3, 0.4) is 0 Å². The summed E-state index contributed by atoms with van der Waals surface area (Å²) in [6.07, 6.45) is 0. The SMILES string of the molecule is [2H]C([2H])([2H])[C@H](CN)C(=O)O. The van der Waals surface area contributed by atoms with Gasteiger partial charge in [0.05, 0.1) is 5.92 Å². The summed E-state index contributed by atoms with van der Waals surface area (Å²) in [5, 5.41) is 8.27. The number of aliphatic carboxylic acids is 1. The van der Waals surface area contributed by atoms with Gasteiger partial charge in [-0.1, -0.05) is 6.85 Å². The topological polar surface area (TPSA) is 63.3 Å². The molecule has 0 rings (SSSR count). The first kappa shape index (κ1) is 2.67. The summed E-state index contributed by atoms with van der Waals surface area (Å²) in [5.41, 5.74) is 4.92. The molecular weight excluding hydrogens is 94.0 g/mol. The zero-order valence-electron chi connectivity index (χ0n) is 6.72. The van der Waals surface area contributed by atoms with Gasteiger partial charge in [0.2, 0.25) is 0 Å². The van der Waals surface area contributed by atoms with Gasteiger partial charge in [0.1, 0.15) is 0 Å². The lowest BCUT2D eigenvalue weighted by atomic mass is 10.2. The highest BCUT2D eigenvalue weighted by atomic mass is 16.4. The van der Waals surface area contributed by atoms with Crippen LogP contribution in [0.5, 0.6) is 0 Å². The second kappa shape index (κ2) is 2.58. The highest BCUT2D eigenvalue weighted by Gasteiger charge is 2.05. The van der Waals surface area contributed by atoms with E-state index in [0.29, 0.717) is 0 Å². The Balaban J connectivity index is 4.22. The summed E-state index contributed by atoms with van der Waals surface area (Å²) in [7, 11) is 0. The minimum Gasteiger partial charge on any atom is -0.481 e. The largest absolute Gasteiger partial charge is 0.481 e. The minimum atomic E-state index is -2.49. The molecule has 3 N–H and O–H groups in total. The zero-order chi connectivity index (χ0) is 8.36. The van der Waals surface area contributed by atoms with E-state index < -0.39 is 18.7 Å². The molecule has 0 aliphatic rings. The van der Waals surface area contributed by atoms with Crippen molar-refractivity contribution in [3.63, 3.8) is 0 Å². The van der Waals surface area contributed by atoms with Gasteiger partial charge in [-0.3, -0.25) is 4.79 Å². The van der Waals surface area contributed by atoms with Gasteiger partial charge in [0, 0.05) is 10.7 Å². The number of carbonyl (C=O) groups is 1. The molecule has 0 unspecified atom stereocenters. The smallest absolute Gasteiger partial charge is 0.307 e. The molecule has 3 nitrogen and oxygen atoms in total. The molecular formula is C4H9NO2. The predicted molar refractivity (Wildman–Crippen MR) is 25.9 cm³/mol. The summed E-state index contributed by atoms with van der Waals surface area (Å²) in [5.74, 6) is -2.81. The first-order valence-electron chi connectivity index (χ1n) is 3.32. The Morgan fingerprint density at radius 2 is 2.86 bits per heavy atom. The fraction of sp³-hybridized carbons (Fsp3) is 0.750. The normalized spacial score (nSPS) is 21.6. The monoisotopic (exact) mass is 106 g/mol. The van der Waals surface area contributed by atoms with Gasteiger partial charge in [-0.15, -0.1) is 0 Å². The van der Waals surface area contributed by atoms with Crippen LogP contribution < -0.4 is 5.73 Å². The van der Waals surface area contributed by atoms with E-state index in [0.717, 1.165) is 0 Å². The van der Waals surface area contributed by atoms with E-state index in [-0.39, 0.29) is 6.54 Å². The average Bonchev–Trinajstić information content (AvgIpc) is 1.60. The molecule has 0 heterocycles. The molecule has 0 amide bonds. The predicted octanol–water partition coefficient (Wildman–Crippen LogP) is -0.334. The molecule has 7 heavy (non-hydrogen) atoms. The number of rotatable bonds is 2. The van der Waals surface area contributed by atoms with Crippen LogP contribution in [0, 0.1) is 5.92 Å². The summed E-state index contributed by atoms with van der Waals surface area (Å²) < 4.78 is 20.1. The van der Waals surface area contributed by atoms with E-state index in [4.69, 9.17) is 15.0 Å². The van der Waals surface area contributed by atoms with Crippen molar-refractivity contribution < 1.29 is 14.0 Å². The molecule has 0 fully saturated rings. The van der Waals surface area contributed by atoms with Crippen LogP contribution in [0.2, 0.25) is 0 Å². The van der Waals surface area contributed by atoms with Crippen LogP contribution in [0.15, 0.2) is 0 Å². The number of nitrogens with two attached hydrogens (primary N) is 1. The van der Waals surface area contributed by atoms with Gasteiger partial charge in [-0.05, 0) is 0 Å². The summed E-state index contributed by atoms with van der Waals surface area (Å²) >= 11 is 0. The van der Waals surface area contributed by atoms with Crippen molar-refractivity contribution in [2.75, 3.05) is 6.54 Å². The third-order valence-electron chi connectivity index (χ3n) is 0.534. The van der Waals surface area contributed by atoms with Gasteiger partial charge in [-0.2, -0.15) is 0 Å². The van der Waals surface area contributed by atoms with E-state index in [1.807, 2.05) is 0 Å². The Labute approximate surface area is 46.3 Å². The molecule has 0 radical (unpaired) electrons. The van der Waals surface area contributed by atoms with Gasteiger partial charge < -0.3 is 10.8 Å². The second-order valence-electron chi connectivity index (χ2n) is 1.13. The van der Waals surface area contributed by atoms with Crippen molar-refractivity contribution in [2.24, 2.45) is 11.7 Å². The highest BCUT2D eigenvalue weighted by molar-refractivity contribution is 5.69.